The average molecular weight is 455 g/mol. The first-order valence-electron chi connectivity index (χ1n) is 11.0. The van der Waals surface area contributed by atoms with Crippen molar-refractivity contribution in [1.82, 2.24) is 9.78 Å². The van der Waals surface area contributed by atoms with E-state index in [1.54, 1.807) is 46.8 Å². The Morgan fingerprint density at radius 2 is 1.76 bits per heavy atom. The summed E-state index contributed by atoms with van der Waals surface area (Å²) in [5.74, 6) is -0.951. The van der Waals surface area contributed by atoms with E-state index < -0.39 is 11.7 Å². The summed E-state index contributed by atoms with van der Waals surface area (Å²) in [6, 6.07) is 18.9. The van der Waals surface area contributed by atoms with Crippen LogP contribution in [0.25, 0.3) is 11.3 Å². The fourth-order valence-corrected chi connectivity index (χ4v) is 4.32. The van der Waals surface area contributed by atoms with Crippen molar-refractivity contribution in [1.29, 1.82) is 0 Å². The van der Waals surface area contributed by atoms with Crippen molar-refractivity contribution in [2.75, 3.05) is 16.8 Å². The Morgan fingerprint density at radius 1 is 1.00 bits per heavy atom. The highest BCUT2D eigenvalue weighted by atomic mass is 19.1. The highest BCUT2D eigenvalue weighted by Gasteiger charge is 2.26. The van der Waals surface area contributed by atoms with Gasteiger partial charge in [0.15, 0.2) is 0 Å². The monoisotopic (exact) mass is 454 g/mol. The van der Waals surface area contributed by atoms with Crippen molar-refractivity contribution >= 4 is 23.2 Å². The first-order valence-corrected chi connectivity index (χ1v) is 11.0. The van der Waals surface area contributed by atoms with Crippen LogP contribution < -0.4 is 10.2 Å². The molecule has 0 saturated carbocycles. The smallest absolute Gasteiger partial charge is 0.258 e. The van der Waals surface area contributed by atoms with Gasteiger partial charge in [0, 0.05) is 42.2 Å². The molecule has 0 atom stereocenters. The molecule has 6 nitrogen and oxygen atoms in total. The molecule has 0 aliphatic carbocycles. The fraction of sp³-hybridized carbons (Fsp3) is 0.148. The predicted molar refractivity (Wildman–Crippen MR) is 130 cm³/mol. The van der Waals surface area contributed by atoms with Gasteiger partial charge >= 0.3 is 0 Å². The summed E-state index contributed by atoms with van der Waals surface area (Å²) in [6.07, 6.45) is 2.70. The Bertz CT molecular complexity index is 1410. The summed E-state index contributed by atoms with van der Waals surface area (Å²) in [6.45, 7) is 2.10. The maximum Gasteiger partial charge on any atom is 0.258 e. The maximum absolute atomic E-state index is 13.8. The predicted octanol–water partition coefficient (Wildman–Crippen LogP) is 4.99. The largest absolute Gasteiger partial charge is 0.322 e. The van der Waals surface area contributed by atoms with Crippen LogP contribution in [0.5, 0.6) is 0 Å². The summed E-state index contributed by atoms with van der Waals surface area (Å²) >= 11 is 0. The van der Waals surface area contributed by atoms with Gasteiger partial charge in [-0.2, -0.15) is 5.10 Å². The van der Waals surface area contributed by atoms with Gasteiger partial charge in [-0.15, -0.1) is 0 Å². The maximum atomic E-state index is 13.8. The summed E-state index contributed by atoms with van der Waals surface area (Å²) in [5, 5.41) is 7.38. The average Bonchev–Trinajstić information content (AvgIpc) is 3.14. The summed E-state index contributed by atoms with van der Waals surface area (Å²) in [5.41, 5.74) is 5.36. The zero-order chi connectivity index (χ0) is 23.8. The molecule has 0 bridgehead atoms. The minimum absolute atomic E-state index is 0.124. The summed E-state index contributed by atoms with van der Waals surface area (Å²) < 4.78 is 15.6. The van der Waals surface area contributed by atoms with Gasteiger partial charge in [0.05, 0.1) is 11.4 Å². The molecule has 1 aromatic heterocycles. The minimum Gasteiger partial charge on any atom is -0.322 e. The molecular formula is C27H23FN4O2. The van der Waals surface area contributed by atoms with Crippen LogP contribution in [0.2, 0.25) is 0 Å². The normalized spacial score (nSPS) is 12.5. The fourth-order valence-electron chi connectivity index (χ4n) is 4.32. The molecule has 1 aliphatic heterocycles. The van der Waals surface area contributed by atoms with Crippen molar-refractivity contribution in [3.63, 3.8) is 0 Å². The number of anilines is 2. The van der Waals surface area contributed by atoms with Crippen molar-refractivity contribution in [2.45, 2.75) is 13.3 Å². The van der Waals surface area contributed by atoms with Crippen LogP contribution in [-0.4, -0.2) is 28.1 Å². The number of hydrogen-bond acceptors (Lipinski definition) is 3. The van der Waals surface area contributed by atoms with Gasteiger partial charge in [0.1, 0.15) is 5.82 Å². The molecule has 0 spiro atoms. The second kappa shape index (κ2) is 8.59. The van der Waals surface area contributed by atoms with E-state index in [2.05, 4.69) is 10.4 Å². The van der Waals surface area contributed by atoms with E-state index in [1.807, 2.05) is 37.5 Å². The molecule has 1 N–H and O–H groups in total. The number of benzene rings is 3. The highest BCUT2D eigenvalue weighted by Crippen LogP contribution is 2.36. The number of nitrogens with one attached hydrogen (secondary N) is 1. The lowest BCUT2D eigenvalue weighted by atomic mass is 10.1. The van der Waals surface area contributed by atoms with E-state index in [4.69, 9.17) is 0 Å². The molecule has 3 aromatic carbocycles. The molecule has 1 aliphatic rings. The summed E-state index contributed by atoms with van der Waals surface area (Å²) in [4.78, 5) is 27.8. The molecule has 0 radical (unpaired) electrons. The van der Waals surface area contributed by atoms with Crippen LogP contribution in [-0.2, 0) is 13.5 Å². The van der Waals surface area contributed by atoms with Crippen molar-refractivity contribution in [3.05, 3.63) is 101 Å². The second-order valence-corrected chi connectivity index (χ2v) is 8.34. The van der Waals surface area contributed by atoms with Crippen molar-refractivity contribution in [2.24, 2.45) is 7.05 Å². The Hall–Kier alpha value is -4.26. The van der Waals surface area contributed by atoms with E-state index >= 15 is 0 Å². The number of halogens is 1. The lowest BCUT2D eigenvalue weighted by Crippen LogP contribution is -2.32. The summed E-state index contributed by atoms with van der Waals surface area (Å²) in [7, 11) is 1.90. The molecular weight excluding hydrogens is 431 g/mol. The van der Waals surface area contributed by atoms with Gasteiger partial charge in [-0.3, -0.25) is 14.3 Å². The van der Waals surface area contributed by atoms with E-state index in [-0.39, 0.29) is 11.5 Å². The molecule has 2 amide bonds. The Morgan fingerprint density at radius 3 is 2.56 bits per heavy atom. The number of para-hydroxylation sites is 1. The Labute approximate surface area is 196 Å². The first-order chi connectivity index (χ1) is 16.4. The van der Waals surface area contributed by atoms with Crippen LogP contribution >= 0.6 is 0 Å². The standard InChI is InChI=1S/C27H23FN4O2/c1-17-21(7-5-8-23(17)28)26(33)29-20-12-10-18(11-13-20)27(34)32-15-14-19-16-31(2)30-25(19)22-6-3-4-9-24(22)32/h3-13,16H,14-15H2,1-2H3,(H,29,33). The van der Waals surface area contributed by atoms with Gasteiger partial charge < -0.3 is 10.2 Å². The third kappa shape index (κ3) is 3.85. The number of nitrogens with zero attached hydrogens (tertiary/aromatic N) is 3. The van der Waals surface area contributed by atoms with E-state index in [1.165, 1.54) is 12.1 Å². The Balaban J connectivity index is 1.38. The number of hydrogen-bond donors (Lipinski definition) is 1. The number of aryl methyl sites for hydroxylation is 1. The molecule has 0 fully saturated rings. The highest BCUT2D eigenvalue weighted by molar-refractivity contribution is 6.09. The molecule has 170 valence electrons. The van der Waals surface area contributed by atoms with Crippen molar-refractivity contribution < 1.29 is 14.0 Å². The third-order valence-electron chi connectivity index (χ3n) is 6.11. The van der Waals surface area contributed by atoms with Gasteiger partial charge in [0.25, 0.3) is 11.8 Å². The number of carbonyl (C=O) groups is 2. The third-order valence-corrected chi connectivity index (χ3v) is 6.11. The molecule has 2 heterocycles. The molecule has 34 heavy (non-hydrogen) atoms. The van der Waals surface area contributed by atoms with Crippen LogP contribution in [0.4, 0.5) is 15.8 Å². The number of amides is 2. The van der Waals surface area contributed by atoms with Crippen LogP contribution in [0.15, 0.2) is 72.9 Å². The molecule has 7 heteroatoms. The molecule has 4 aromatic rings. The van der Waals surface area contributed by atoms with E-state index in [9.17, 15) is 14.0 Å². The van der Waals surface area contributed by atoms with Crippen molar-refractivity contribution in [3.8, 4) is 11.3 Å². The second-order valence-electron chi connectivity index (χ2n) is 8.34. The van der Waals surface area contributed by atoms with Gasteiger partial charge in [-0.05, 0) is 66.9 Å². The number of fused-ring (bicyclic) bond motifs is 3. The van der Waals surface area contributed by atoms with Crippen LogP contribution in [0.3, 0.4) is 0 Å². The van der Waals surface area contributed by atoms with Gasteiger partial charge in [-0.1, -0.05) is 24.3 Å². The minimum atomic E-state index is -0.427. The SMILES string of the molecule is Cc1c(F)cccc1C(=O)Nc1ccc(C(=O)N2CCc3cn(C)nc3-c3ccccc32)cc1. The zero-order valence-electron chi connectivity index (χ0n) is 18.9. The molecule has 0 saturated heterocycles. The zero-order valence-corrected chi connectivity index (χ0v) is 18.9. The van der Waals surface area contributed by atoms with E-state index in [0.717, 1.165) is 22.5 Å². The van der Waals surface area contributed by atoms with Gasteiger partial charge in [0.2, 0.25) is 0 Å². The lowest BCUT2D eigenvalue weighted by Gasteiger charge is -2.23. The Kier molecular flexibility index (Phi) is 5.45. The quantitative estimate of drug-likeness (QED) is 0.474. The molecule has 5 rings (SSSR count). The lowest BCUT2D eigenvalue weighted by molar-refractivity contribution is 0.0986. The van der Waals surface area contributed by atoms with Gasteiger partial charge in [-0.25, -0.2) is 4.39 Å². The number of carbonyl (C=O) groups excluding carboxylic acids is 2. The van der Waals surface area contributed by atoms with Crippen LogP contribution in [0, 0.1) is 12.7 Å². The number of aromatic nitrogens is 2. The molecule has 0 unspecified atom stereocenters. The van der Waals surface area contributed by atoms with Crippen LogP contribution in [0.1, 0.15) is 31.8 Å². The topological polar surface area (TPSA) is 67.2 Å². The first kappa shape index (κ1) is 21.6. The number of rotatable bonds is 3. The van der Waals surface area contributed by atoms with E-state index in [0.29, 0.717) is 29.8 Å².